The van der Waals surface area contributed by atoms with Crippen LogP contribution in [0.25, 0.3) is 16.8 Å². The molecule has 0 radical (unpaired) electrons. The number of aromatic nitrogens is 6. The van der Waals surface area contributed by atoms with E-state index in [0.717, 1.165) is 77.4 Å². The molecule has 4 heterocycles. The van der Waals surface area contributed by atoms with E-state index in [0.29, 0.717) is 19.0 Å². The van der Waals surface area contributed by atoms with E-state index in [1.54, 1.807) is 0 Å². The van der Waals surface area contributed by atoms with Gasteiger partial charge in [-0.3, -0.25) is 19.1 Å². The molecule has 1 aliphatic heterocycles. The molecule has 2 aliphatic carbocycles. The number of carbonyl (C=O) groups excluding carboxylic acids is 1. The SMILES string of the molecule is Cc1nn2cc1C1=CCc3ncc(nc31)-c1cn(C)nc1CN(C1CC1)C(=O)CCC2. The smallest absolute Gasteiger partial charge is 0.223 e. The monoisotopic (exact) mass is 415 g/mol. The Labute approximate surface area is 180 Å². The molecule has 1 fully saturated rings. The minimum atomic E-state index is 0.196. The van der Waals surface area contributed by atoms with E-state index in [4.69, 9.17) is 20.2 Å². The van der Waals surface area contributed by atoms with Gasteiger partial charge in [0.15, 0.2) is 0 Å². The second kappa shape index (κ2) is 6.87. The highest BCUT2D eigenvalue weighted by Crippen LogP contribution is 2.35. The lowest BCUT2D eigenvalue weighted by molar-refractivity contribution is -0.132. The fraction of sp³-hybridized carbons (Fsp3) is 0.435. The molecular weight excluding hydrogens is 390 g/mol. The van der Waals surface area contributed by atoms with Crippen LogP contribution in [0.5, 0.6) is 0 Å². The van der Waals surface area contributed by atoms with E-state index in [1.807, 2.05) is 40.6 Å². The highest BCUT2D eigenvalue weighted by molar-refractivity contribution is 5.83. The number of hydrogen-bond acceptors (Lipinski definition) is 5. The summed E-state index contributed by atoms with van der Waals surface area (Å²) in [5.41, 5.74) is 7.74. The van der Waals surface area contributed by atoms with Gasteiger partial charge >= 0.3 is 0 Å². The summed E-state index contributed by atoms with van der Waals surface area (Å²) in [5.74, 6) is 0.196. The van der Waals surface area contributed by atoms with Gasteiger partial charge in [-0.2, -0.15) is 10.2 Å². The predicted molar refractivity (Wildman–Crippen MR) is 115 cm³/mol. The maximum atomic E-state index is 13.1. The molecule has 1 saturated carbocycles. The normalized spacial score (nSPS) is 18.5. The highest BCUT2D eigenvalue weighted by atomic mass is 16.2. The lowest BCUT2D eigenvalue weighted by atomic mass is 10.1. The summed E-state index contributed by atoms with van der Waals surface area (Å²) >= 11 is 0. The maximum absolute atomic E-state index is 13.1. The maximum Gasteiger partial charge on any atom is 0.223 e. The number of amides is 1. The van der Waals surface area contributed by atoms with Crippen molar-refractivity contribution in [3.63, 3.8) is 0 Å². The molecule has 4 bridgehead atoms. The van der Waals surface area contributed by atoms with Crippen molar-refractivity contribution in [3.8, 4) is 11.3 Å². The van der Waals surface area contributed by atoms with Crippen LogP contribution in [0.4, 0.5) is 0 Å². The molecule has 3 aromatic heterocycles. The van der Waals surface area contributed by atoms with E-state index in [-0.39, 0.29) is 5.91 Å². The topological polar surface area (TPSA) is 81.7 Å². The van der Waals surface area contributed by atoms with Crippen molar-refractivity contribution >= 4 is 11.5 Å². The van der Waals surface area contributed by atoms with Gasteiger partial charge in [0.25, 0.3) is 0 Å². The lowest BCUT2D eigenvalue weighted by Gasteiger charge is -2.22. The number of rotatable bonds is 1. The molecule has 0 N–H and O–H groups in total. The summed E-state index contributed by atoms with van der Waals surface area (Å²) in [5, 5.41) is 9.40. The standard InChI is InChI=1S/C23H25N7O/c1-14-17-12-29(26-14)9-3-4-22(31)30(15-5-6-15)13-21-18(11-28(2)27-21)20-10-24-19-8-7-16(17)23(19)25-20/h7,10-12,15H,3-6,8-9,13H2,1-2H3. The third-order valence-corrected chi connectivity index (χ3v) is 6.43. The largest absolute Gasteiger partial charge is 0.334 e. The predicted octanol–water partition coefficient (Wildman–Crippen LogP) is 2.65. The average Bonchev–Trinajstić information content (AvgIpc) is 3.24. The molecule has 31 heavy (non-hydrogen) atoms. The summed E-state index contributed by atoms with van der Waals surface area (Å²) in [6.07, 6.45) is 12.3. The fourth-order valence-electron chi connectivity index (χ4n) is 4.71. The Balaban J connectivity index is 1.50. The van der Waals surface area contributed by atoms with Gasteiger partial charge in [0, 0.05) is 61.6 Å². The Hall–Kier alpha value is -3.29. The minimum absolute atomic E-state index is 0.196. The van der Waals surface area contributed by atoms with Gasteiger partial charge in [-0.15, -0.1) is 0 Å². The first-order valence-electron chi connectivity index (χ1n) is 11.0. The summed E-state index contributed by atoms with van der Waals surface area (Å²) < 4.78 is 3.77. The first-order valence-corrected chi connectivity index (χ1v) is 11.0. The van der Waals surface area contributed by atoms with E-state index in [9.17, 15) is 4.79 Å². The summed E-state index contributed by atoms with van der Waals surface area (Å²) in [6.45, 7) is 3.28. The van der Waals surface area contributed by atoms with E-state index in [2.05, 4.69) is 12.3 Å². The first-order chi connectivity index (χ1) is 15.1. The number of nitrogens with zero attached hydrogens (tertiary/aromatic N) is 7. The molecule has 3 aliphatic rings. The number of allylic oxidation sites excluding steroid dienone is 1. The Kier molecular flexibility index (Phi) is 4.09. The van der Waals surface area contributed by atoms with Crippen molar-refractivity contribution in [1.29, 1.82) is 0 Å². The van der Waals surface area contributed by atoms with Gasteiger partial charge in [0.2, 0.25) is 5.91 Å². The van der Waals surface area contributed by atoms with Crippen molar-refractivity contribution < 1.29 is 4.79 Å². The van der Waals surface area contributed by atoms with Crippen LogP contribution < -0.4 is 0 Å². The second-order valence-corrected chi connectivity index (χ2v) is 8.78. The Morgan fingerprint density at radius 1 is 1.10 bits per heavy atom. The summed E-state index contributed by atoms with van der Waals surface area (Å²) in [4.78, 5) is 24.9. The van der Waals surface area contributed by atoms with Crippen LogP contribution in [-0.2, 0) is 31.4 Å². The van der Waals surface area contributed by atoms with Gasteiger partial charge in [-0.25, -0.2) is 4.98 Å². The van der Waals surface area contributed by atoms with Crippen molar-refractivity contribution in [2.45, 2.75) is 58.2 Å². The van der Waals surface area contributed by atoms with Crippen molar-refractivity contribution in [2.24, 2.45) is 7.05 Å². The van der Waals surface area contributed by atoms with Gasteiger partial charge < -0.3 is 4.90 Å². The van der Waals surface area contributed by atoms with Gasteiger partial charge in [-0.05, 0) is 26.2 Å². The van der Waals surface area contributed by atoms with Crippen molar-refractivity contribution in [3.05, 3.63) is 53.0 Å². The third kappa shape index (κ3) is 3.17. The summed E-state index contributed by atoms with van der Waals surface area (Å²) in [7, 11) is 1.92. The number of aryl methyl sites for hydroxylation is 3. The zero-order valence-electron chi connectivity index (χ0n) is 17.9. The molecule has 8 nitrogen and oxygen atoms in total. The molecule has 8 heteroatoms. The molecule has 3 aromatic rings. The Morgan fingerprint density at radius 2 is 1.97 bits per heavy atom. The van der Waals surface area contributed by atoms with Crippen LogP contribution in [-0.4, -0.2) is 46.4 Å². The highest BCUT2D eigenvalue weighted by Gasteiger charge is 2.34. The fourth-order valence-corrected chi connectivity index (χ4v) is 4.71. The molecule has 0 saturated heterocycles. The molecule has 0 atom stereocenters. The van der Waals surface area contributed by atoms with Crippen molar-refractivity contribution in [2.75, 3.05) is 0 Å². The van der Waals surface area contributed by atoms with Gasteiger partial charge in [0.05, 0.1) is 41.2 Å². The van der Waals surface area contributed by atoms with Crippen LogP contribution in [0.3, 0.4) is 0 Å². The van der Waals surface area contributed by atoms with E-state index in [1.165, 1.54) is 0 Å². The van der Waals surface area contributed by atoms with Crippen molar-refractivity contribution in [1.82, 2.24) is 34.4 Å². The van der Waals surface area contributed by atoms with Crippen LogP contribution >= 0.6 is 0 Å². The Bertz CT molecular complexity index is 1230. The first kappa shape index (κ1) is 18.5. The van der Waals surface area contributed by atoms with Crippen LogP contribution in [0.1, 0.15) is 54.0 Å². The van der Waals surface area contributed by atoms with Gasteiger partial charge in [0.1, 0.15) is 0 Å². The van der Waals surface area contributed by atoms with Gasteiger partial charge in [-0.1, -0.05) is 6.08 Å². The molecule has 0 spiro atoms. The zero-order chi connectivity index (χ0) is 21.1. The average molecular weight is 416 g/mol. The minimum Gasteiger partial charge on any atom is -0.334 e. The van der Waals surface area contributed by atoms with Crippen LogP contribution in [0.15, 0.2) is 24.7 Å². The zero-order valence-corrected chi connectivity index (χ0v) is 17.9. The molecule has 0 aromatic carbocycles. The molecule has 0 unspecified atom stereocenters. The third-order valence-electron chi connectivity index (χ3n) is 6.43. The lowest BCUT2D eigenvalue weighted by Crippen LogP contribution is -2.33. The molecule has 1 amide bonds. The number of carbonyl (C=O) groups is 1. The molecular formula is C23H25N7O. The van der Waals surface area contributed by atoms with E-state index >= 15 is 0 Å². The molecule has 158 valence electrons. The second-order valence-electron chi connectivity index (χ2n) is 8.78. The quantitative estimate of drug-likeness (QED) is 0.610. The summed E-state index contributed by atoms with van der Waals surface area (Å²) in [6, 6.07) is 0.331. The van der Waals surface area contributed by atoms with Crippen LogP contribution in [0, 0.1) is 6.92 Å². The molecule has 6 rings (SSSR count). The number of fused-ring (bicyclic) bond motifs is 6. The number of hydrogen-bond donors (Lipinski definition) is 0. The van der Waals surface area contributed by atoms with E-state index < -0.39 is 0 Å². The Morgan fingerprint density at radius 3 is 2.81 bits per heavy atom. The van der Waals surface area contributed by atoms with Crippen LogP contribution in [0.2, 0.25) is 0 Å².